The third-order valence-electron chi connectivity index (χ3n) is 6.56. The normalized spacial score (nSPS) is 13.8. The number of pyridine rings is 1. The predicted molar refractivity (Wildman–Crippen MR) is 142 cm³/mol. The molecule has 0 fully saturated rings. The Hall–Kier alpha value is -3.43. The molecule has 0 spiro atoms. The smallest absolute Gasteiger partial charge is 0.274 e. The fourth-order valence-corrected chi connectivity index (χ4v) is 5.97. The van der Waals surface area contributed by atoms with E-state index in [1.165, 1.54) is 22.0 Å². The lowest BCUT2D eigenvalue weighted by molar-refractivity contribution is 0.0825. The molecule has 36 heavy (non-hydrogen) atoms. The molecule has 0 saturated carbocycles. The van der Waals surface area contributed by atoms with Gasteiger partial charge < -0.3 is 24.9 Å². The Morgan fingerprint density at radius 2 is 2.03 bits per heavy atom. The number of aromatic amines is 1. The first-order chi connectivity index (χ1) is 17.1. The van der Waals surface area contributed by atoms with Crippen LogP contribution in [0, 0.1) is 5.82 Å². The Kier molecular flexibility index (Phi) is 6.00. The van der Waals surface area contributed by atoms with E-state index in [2.05, 4.69) is 15.2 Å². The van der Waals surface area contributed by atoms with Crippen molar-refractivity contribution in [2.45, 2.75) is 39.2 Å². The number of thiophene rings is 1. The zero-order chi connectivity index (χ0) is 25.8. The molecule has 4 aromatic rings. The highest BCUT2D eigenvalue weighted by atomic mass is 32.1. The van der Waals surface area contributed by atoms with Crippen molar-refractivity contribution < 1.29 is 14.3 Å². The molecule has 0 saturated heterocycles. The van der Waals surface area contributed by atoms with Gasteiger partial charge in [-0.3, -0.25) is 9.59 Å². The summed E-state index contributed by atoms with van der Waals surface area (Å²) in [6.45, 7) is 6.53. The van der Waals surface area contributed by atoms with Gasteiger partial charge in [-0.15, -0.1) is 11.3 Å². The second-order valence-corrected chi connectivity index (χ2v) is 10.8. The highest BCUT2D eigenvalue weighted by Gasteiger charge is 2.29. The van der Waals surface area contributed by atoms with Crippen LogP contribution in [-0.2, 0) is 19.1 Å². The Balaban J connectivity index is 1.77. The van der Waals surface area contributed by atoms with Gasteiger partial charge in [0.15, 0.2) is 0 Å². The fraction of sp³-hybridized carbons (Fsp3) is 0.333. The lowest BCUT2D eigenvalue weighted by Crippen LogP contribution is -2.25. The molecule has 188 valence electrons. The number of nitrogens with zero attached hydrogens (tertiary/aromatic N) is 2. The van der Waals surface area contributed by atoms with Gasteiger partial charge in [0.1, 0.15) is 17.0 Å². The van der Waals surface area contributed by atoms with Crippen LogP contribution in [0.15, 0.2) is 41.3 Å². The van der Waals surface area contributed by atoms with Gasteiger partial charge in [-0.2, -0.15) is 0 Å². The number of carbonyl (C=O) groups is 1. The van der Waals surface area contributed by atoms with Crippen LogP contribution < -0.4 is 15.8 Å². The second kappa shape index (κ2) is 8.90. The summed E-state index contributed by atoms with van der Waals surface area (Å²) < 4.78 is 15.5. The number of anilines is 2. The van der Waals surface area contributed by atoms with Crippen LogP contribution >= 0.6 is 11.3 Å². The van der Waals surface area contributed by atoms with Crippen molar-refractivity contribution in [1.82, 2.24) is 14.9 Å². The third kappa shape index (κ3) is 4.12. The molecule has 0 unspecified atom stereocenters. The first-order valence-corrected chi connectivity index (χ1v) is 12.8. The summed E-state index contributed by atoms with van der Waals surface area (Å²) in [6.07, 6.45) is 3.43. The number of aliphatic hydroxyl groups is 1. The first kappa shape index (κ1) is 24.3. The van der Waals surface area contributed by atoms with Crippen LogP contribution in [0.5, 0.6) is 0 Å². The maximum Gasteiger partial charge on any atom is 0.274 e. The average Bonchev–Trinajstić information content (AvgIpc) is 3.47. The van der Waals surface area contributed by atoms with Gasteiger partial charge in [-0.1, -0.05) is 0 Å². The number of aromatic nitrogens is 2. The molecule has 0 bridgehead atoms. The molecule has 3 N–H and O–H groups in total. The number of aryl methyl sites for hydroxylation is 2. The third-order valence-corrected chi connectivity index (χ3v) is 8.03. The minimum Gasteiger partial charge on any atom is -0.385 e. The van der Waals surface area contributed by atoms with Gasteiger partial charge in [-0.25, -0.2) is 4.39 Å². The maximum absolute atomic E-state index is 14.0. The van der Waals surface area contributed by atoms with E-state index in [4.69, 9.17) is 0 Å². The molecule has 1 aliphatic heterocycles. The van der Waals surface area contributed by atoms with Gasteiger partial charge in [0.25, 0.3) is 11.5 Å². The fourth-order valence-electron chi connectivity index (χ4n) is 4.79. The molecule has 1 aliphatic rings. The number of hydrogen-bond donors (Lipinski definition) is 3. The predicted octanol–water partition coefficient (Wildman–Crippen LogP) is 4.80. The van der Waals surface area contributed by atoms with Crippen molar-refractivity contribution in [3.8, 4) is 10.4 Å². The molecule has 4 heterocycles. The highest BCUT2D eigenvalue weighted by molar-refractivity contribution is 7.16. The number of hydrogen-bond acceptors (Lipinski definition) is 5. The average molecular weight is 509 g/mol. The number of amides is 1. The Morgan fingerprint density at radius 3 is 2.75 bits per heavy atom. The summed E-state index contributed by atoms with van der Waals surface area (Å²) in [6, 6.07) is 8.54. The molecule has 3 aromatic heterocycles. The molecule has 0 radical (unpaired) electrons. The summed E-state index contributed by atoms with van der Waals surface area (Å²) in [5, 5.41) is 14.3. The number of benzene rings is 1. The van der Waals surface area contributed by atoms with Crippen molar-refractivity contribution in [3.05, 3.63) is 68.8 Å². The quantitative estimate of drug-likeness (QED) is 0.361. The van der Waals surface area contributed by atoms with Crippen LogP contribution in [0.25, 0.3) is 21.3 Å². The molecule has 5 rings (SSSR count). The van der Waals surface area contributed by atoms with E-state index in [0.717, 1.165) is 51.6 Å². The highest BCUT2D eigenvalue weighted by Crippen LogP contribution is 2.47. The summed E-state index contributed by atoms with van der Waals surface area (Å²) in [5.41, 5.74) is 2.88. The van der Waals surface area contributed by atoms with Crippen molar-refractivity contribution in [1.29, 1.82) is 0 Å². The van der Waals surface area contributed by atoms with Crippen LogP contribution in [0.1, 0.15) is 48.1 Å². The Bertz CT molecular complexity index is 1540. The van der Waals surface area contributed by atoms with E-state index in [1.54, 1.807) is 45.3 Å². The van der Waals surface area contributed by atoms with Gasteiger partial charge in [0, 0.05) is 47.8 Å². The van der Waals surface area contributed by atoms with Crippen molar-refractivity contribution in [2.24, 2.45) is 7.05 Å². The number of fused-ring (bicyclic) bond motifs is 2. The monoisotopic (exact) mass is 508 g/mol. The van der Waals surface area contributed by atoms with E-state index in [9.17, 15) is 19.1 Å². The number of rotatable bonds is 5. The first-order valence-electron chi connectivity index (χ1n) is 12.0. The number of nitrogens with one attached hydrogen (secondary N) is 2. The summed E-state index contributed by atoms with van der Waals surface area (Å²) >= 11 is 1.45. The van der Waals surface area contributed by atoms with Gasteiger partial charge in [0.2, 0.25) is 0 Å². The number of halogens is 1. The molecular weight excluding hydrogens is 479 g/mol. The molecule has 1 amide bonds. The lowest BCUT2D eigenvalue weighted by atomic mass is 9.99. The molecular formula is C27H29FN4O3S. The topological polar surface area (TPSA) is 90.4 Å². The van der Waals surface area contributed by atoms with Crippen LogP contribution in [0.3, 0.4) is 0 Å². The Morgan fingerprint density at radius 1 is 1.25 bits per heavy atom. The van der Waals surface area contributed by atoms with E-state index in [0.29, 0.717) is 23.1 Å². The summed E-state index contributed by atoms with van der Waals surface area (Å²) in [4.78, 5) is 32.3. The van der Waals surface area contributed by atoms with E-state index >= 15 is 0 Å². The minimum absolute atomic E-state index is 0.232. The van der Waals surface area contributed by atoms with Gasteiger partial charge >= 0.3 is 0 Å². The van der Waals surface area contributed by atoms with Crippen LogP contribution in [0.2, 0.25) is 0 Å². The second-order valence-electron chi connectivity index (χ2n) is 9.70. The van der Waals surface area contributed by atoms with Crippen LogP contribution in [-0.4, -0.2) is 33.7 Å². The van der Waals surface area contributed by atoms with Gasteiger partial charge in [-0.05, 0) is 69.5 Å². The van der Waals surface area contributed by atoms with Crippen molar-refractivity contribution >= 4 is 39.5 Å². The van der Waals surface area contributed by atoms with Crippen LogP contribution in [0.4, 0.5) is 15.8 Å². The number of H-pyrrole nitrogens is 1. The maximum atomic E-state index is 14.0. The molecule has 0 atom stereocenters. The van der Waals surface area contributed by atoms with Gasteiger partial charge in [0.05, 0.1) is 16.2 Å². The SMILES string of the molecule is CCNC(=O)c1cc2c(-c3sc(C(C)(C)O)cc3N3CCCc4cc(F)ccc43)cn(C)c(=O)c2[nH]1. The lowest BCUT2D eigenvalue weighted by Gasteiger charge is -2.31. The number of carbonyl (C=O) groups excluding carboxylic acids is 1. The molecule has 9 heteroatoms. The van der Waals surface area contributed by atoms with Crippen molar-refractivity contribution in [2.75, 3.05) is 18.0 Å². The molecule has 1 aromatic carbocycles. The Labute approximate surface area is 212 Å². The summed E-state index contributed by atoms with van der Waals surface area (Å²) in [5.74, 6) is -0.541. The zero-order valence-corrected chi connectivity index (χ0v) is 21.6. The molecule has 7 nitrogen and oxygen atoms in total. The molecule has 0 aliphatic carbocycles. The van der Waals surface area contributed by atoms with Crippen molar-refractivity contribution in [3.63, 3.8) is 0 Å². The van der Waals surface area contributed by atoms with E-state index in [-0.39, 0.29) is 17.3 Å². The standard InChI is InChI=1S/C27H29FN4O3S/c1-5-29-25(33)19-12-17-18(14-31(4)26(34)23(17)30-19)24-21(13-22(36-24)27(2,3)35)32-10-6-7-15-11-16(28)8-9-20(15)32/h8-9,11-14,30,35H,5-7,10H2,1-4H3,(H,29,33). The largest absolute Gasteiger partial charge is 0.385 e. The minimum atomic E-state index is -1.08. The zero-order valence-electron chi connectivity index (χ0n) is 20.7. The summed E-state index contributed by atoms with van der Waals surface area (Å²) in [7, 11) is 1.68. The van der Waals surface area contributed by atoms with E-state index < -0.39 is 5.60 Å². The van der Waals surface area contributed by atoms with E-state index in [1.807, 2.05) is 13.0 Å².